The van der Waals surface area contributed by atoms with Crippen LogP contribution in [0.2, 0.25) is 0 Å². The van der Waals surface area contributed by atoms with E-state index in [4.69, 9.17) is 4.74 Å². The fourth-order valence-corrected chi connectivity index (χ4v) is 5.05. The van der Waals surface area contributed by atoms with E-state index in [1.54, 1.807) is 24.4 Å². The SMILES string of the molecule is CC(C)(C)c1ccc(Oc2ccc([N+](=O)[O-])cc2C2CC(=O)C=CN2CCCNc2n[nH]c(=O)c3ccccc23)cc1. The van der Waals surface area contributed by atoms with E-state index >= 15 is 0 Å². The molecule has 0 spiro atoms. The van der Waals surface area contributed by atoms with E-state index in [0.717, 1.165) is 10.9 Å². The lowest BCUT2D eigenvalue weighted by atomic mass is 9.87. The number of nitro groups is 1. The van der Waals surface area contributed by atoms with Crippen LogP contribution in [0.5, 0.6) is 11.5 Å². The van der Waals surface area contributed by atoms with E-state index in [1.165, 1.54) is 18.2 Å². The Labute approximate surface area is 243 Å². The molecule has 10 heteroatoms. The molecule has 2 heterocycles. The van der Waals surface area contributed by atoms with Crippen LogP contribution < -0.4 is 15.6 Å². The van der Waals surface area contributed by atoms with Crippen LogP contribution in [-0.2, 0) is 10.2 Å². The number of hydrogen-bond donors (Lipinski definition) is 2. The predicted octanol–water partition coefficient (Wildman–Crippen LogP) is 6.25. The number of nitrogens with zero attached hydrogens (tertiary/aromatic N) is 3. The largest absolute Gasteiger partial charge is 0.457 e. The van der Waals surface area contributed by atoms with Gasteiger partial charge in [-0.15, -0.1) is 0 Å². The van der Waals surface area contributed by atoms with Crippen molar-refractivity contribution >= 4 is 28.1 Å². The summed E-state index contributed by atoms with van der Waals surface area (Å²) in [6.07, 6.45) is 4.11. The highest BCUT2D eigenvalue weighted by Gasteiger charge is 2.29. The van der Waals surface area contributed by atoms with Crippen LogP contribution in [0.25, 0.3) is 10.8 Å². The number of benzene rings is 3. The first-order valence-electron chi connectivity index (χ1n) is 13.8. The fourth-order valence-electron chi connectivity index (χ4n) is 5.05. The minimum Gasteiger partial charge on any atom is -0.457 e. The zero-order valence-corrected chi connectivity index (χ0v) is 23.8. The van der Waals surface area contributed by atoms with Gasteiger partial charge in [-0.25, -0.2) is 5.10 Å². The zero-order valence-electron chi connectivity index (χ0n) is 23.8. The molecule has 1 aliphatic rings. The number of fused-ring (bicyclic) bond motifs is 1. The summed E-state index contributed by atoms with van der Waals surface area (Å²) < 4.78 is 6.25. The van der Waals surface area contributed by atoms with E-state index in [9.17, 15) is 19.7 Å². The van der Waals surface area contributed by atoms with Gasteiger partial charge < -0.3 is 15.0 Å². The molecule has 0 saturated heterocycles. The standard InChI is InChI=1S/C32H33N5O5/c1-32(2,3)21-9-12-24(13-10-21)42-29-14-11-22(37(40)41)19-27(29)28-20-23(38)15-18-36(28)17-6-16-33-30-25-7-4-5-8-26(25)31(39)35-34-30/h4-5,7-15,18-19,28H,6,16-17,20H2,1-3H3,(H,33,34)(H,35,39). The number of ether oxygens (including phenoxy) is 1. The van der Waals surface area contributed by atoms with Crippen molar-refractivity contribution in [1.82, 2.24) is 15.1 Å². The Morgan fingerprint density at radius 1 is 1.07 bits per heavy atom. The molecule has 0 aliphatic carbocycles. The van der Waals surface area contributed by atoms with Crippen LogP contribution in [-0.4, -0.2) is 38.9 Å². The van der Waals surface area contributed by atoms with Gasteiger partial charge in [0.2, 0.25) is 0 Å². The number of hydrogen-bond acceptors (Lipinski definition) is 8. The van der Waals surface area contributed by atoms with E-state index in [0.29, 0.717) is 47.8 Å². The Balaban J connectivity index is 1.36. The molecule has 10 nitrogen and oxygen atoms in total. The average molecular weight is 568 g/mol. The molecule has 1 aromatic heterocycles. The topological polar surface area (TPSA) is 130 Å². The smallest absolute Gasteiger partial charge is 0.272 e. The van der Waals surface area contributed by atoms with Crippen LogP contribution in [0, 0.1) is 10.1 Å². The molecule has 0 radical (unpaired) electrons. The van der Waals surface area contributed by atoms with Crippen LogP contribution >= 0.6 is 0 Å². The minimum absolute atomic E-state index is 0.0118. The first-order valence-corrected chi connectivity index (χ1v) is 13.8. The number of H-pyrrole nitrogens is 1. The number of aromatic nitrogens is 2. The highest BCUT2D eigenvalue weighted by Crippen LogP contribution is 2.39. The first kappa shape index (κ1) is 28.5. The Hall–Kier alpha value is -4.99. The number of ketones is 1. The summed E-state index contributed by atoms with van der Waals surface area (Å²) in [6.45, 7) is 7.51. The number of carbonyl (C=O) groups is 1. The number of allylic oxidation sites excluding steroid dienone is 1. The van der Waals surface area contributed by atoms with Gasteiger partial charge in [0, 0.05) is 48.8 Å². The lowest BCUT2D eigenvalue weighted by Gasteiger charge is -2.34. The van der Waals surface area contributed by atoms with Crippen molar-refractivity contribution < 1.29 is 14.5 Å². The Kier molecular flexibility index (Phi) is 8.06. The summed E-state index contributed by atoms with van der Waals surface area (Å²) in [6, 6.07) is 19.1. The average Bonchev–Trinajstić information content (AvgIpc) is 2.97. The summed E-state index contributed by atoms with van der Waals surface area (Å²) in [5.41, 5.74) is 1.40. The fraction of sp³-hybridized carbons (Fsp3) is 0.281. The first-order chi connectivity index (χ1) is 20.1. The summed E-state index contributed by atoms with van der Waals surface area (Å²) in [7, 11) is 0. The van der Waals surface area contributed by atoms with Gasteiger partial charge in [-0.2, -0.15) is 5.10 Å². The molecule has 5 rings (SSSR count). The molecule has 42 heavy (non-hydrogen) atoms. The second-order valence-corrected chi connectivity index (χ2v) is 11.3. The molecule has 0 amide bonds. The number of nitrogens with one attached hydrogen (secondary N) is 2. The van der Waals surface area contributed by atoms with E-state index in [2.05, 4.69) is 36.3 Å². The third-order valence-electron chi connectivity index (χ3n) is 7.34. The van der Waals surface area contributed by atoms with Crippen molar-refractivity contribution in [3.63, 3.8) is 0 Å². The van der Waals surface area contributed by atoms with Crippen LogP contribution in [0.1, 0.15) is 50.8 Å². The molecule has 0 fully saturated rings. The lowest BCUT2D eigenvalue weighted by molar-refractivity contribution is -0.385. The maximum atomic E-state index is 12.5. The maximum absolute atomic E-state index is 12.5. The maximum Gasteiger partial charge on any atom is 0.272 e. The molecule has 1 unspecified atom stereocenters. The van der Waals surface area contributed by atoms with Crippen molar-refractivity contribution in [3.8, 4) is 11.5 Å². The molecule has 1 aliphatic heterocycles. The van der Waals surface area contributed by atoms with E-state index < -0.39 is 11.0 Å². The van der Waals surface area contributed by atoms with Gasteiger partial charge in [-0.1, -0.05) is 51.1 Å². The summed E-state index contributed by atoms with van der Waals surface area (Å²) in [5, 5.41) is 22.9. The molecule has 0 saturated carbocycles. The number of carbonyl (C=O) groups excluding carboxylic acids is 1. The molecule has 2 N–H and O–H groups in total. The molecule has 216 valence electrons. The third-order valence-corrected chi connectivity index (χ3v) is 7.34. The van der Waals surface area contributed by atoms with Gasteiger partial charge in [0.05, 0.1) is 16.4 Å². The Bertz CT molecular complexity index is 1710. The molecule has 0 bridgehead atoms. The van der Waals surface area contributed by atoms with Crippen molar-refractivity contribution in [1.29, 1.82) is 0 Å². The summed E-state index contributed by atoms with van der Waals surface area (Å²) >= 11 is 0. The number of aromatic amines is 1. The van der Waals surface area contributed by atoms with Crippen LogP contribution in [0.3, 0.4) is 0 Å². The quantitative estimate of drug-likeness (QED) is 0.138. The van der Waals surface area contributed by atoms with Crippen molar-refractivity contribution in [2.24, 2.45) is 0 Å². The van der Waals surface area contributed by atoms with Crippen LogP contribution in [0.4, 0.5) is 11.5 Å². The highest BCUT2D eigenvalue weighted by atomic mass is 16.6. The predicted molar refractivity (Wildman–Crippen MR) is 162 cm³/mol. The second kappa shape index (κ2) is 11.9. The summed E-state index contributed by atoms with van der Waals surface area (Å²) in [5.74, 6) is 1.58. The monoisotopic (exact) mass is 567 g/mol. The van der Waals surface area contributed by atoms with Gasteiger partial charge in [0.1, 0.15) is 11.5 Å². The van der Waals surface area contributed by atoms with Gasteiger partial charge in [-0.3, -0.25) is 19.7 Å². The second-order valence-electron chi connectivity index (χ2n) is 11.3. The molecule has 3 aromatic carbocycles. The number of non-ortho nitro benzene ring substituents is 1. The molecule has 4 aromatic rings. The van der Waals surface area contributed by atoms with Crippen molar-refractivity contribution in [3.05, 3.63) is 111 Å². The van der Waals surface area contributed by atoms with Crippen LogP contribution in [0.15, 0.2) is 83.8 Å². The van der Waals surface area contributed by atoms with Crippen molar-refractivity contribution in [2.45, 2.75) is 45.1 Å². The van der Waals surface area contributed by atoms with E-state index in [1.807, 2.05) is 41.3 Å². The highest BCUT2D eigenvalue weighted by molar-refractivity contribution is 5.91. The normalized spacial score (nSPS) is 15.2. The van der Waals surface area contributed by atoms with E-state index in [-0.39, 0.29) is 28.9 Å². The number of rotatable bonds is 9. The van der Waals surface area contributed by atoms with Gasteiger partial charge in [0.25, 0.3) is 11.2 Å². The summed E-state index contributed by atoms with van der Waals surface area (Å²) in [4.78, 5) is 37.9. The van der Waals surface area contributed by atoms with Crippen molar-refractivity contribution in [2.75, 3.05) is 18.4 Å². The zero-order chi connectivity index (χ0) is 29.9. The number of anilines is 1. The minimum atomic E-state index is -0.446. The van der Waals surface area contributed by atoms with Gasteiger partial charge >= 0.3 is 0 Å². The molecular weight excluding hydrogens is 534 g/mol. The Morgan fingerprint density at radius 2 is 1.81 bits per heavy atom. The molecule has 1 atom stereocenters. The van der Waals surface area contributed by atoms with Gasteiger partial charge in [0.15, 0.2) is 11.6 Å². The lowest BCUT2D eigenvalue weighted by Crippen LogP contribution is -2.31. The van der Waals surface area contributed by atoms with Gasteiger partial charge in [-0.05, 0) is 47.7 Å². The number of nitro benzene ring substituents is 1. The Morgan fingerprint density at radius 3 is 2.52 bits per heavy atom. The molecular formula is C32H33N5O5. The third kappa shape index (κ3) is 6.33.